The van der Waals surface area contributed by atoms with Gasteiger partial charge in [-0.25, -0.2) is 0 Å². The molecule has 1 aliphatic carbocycles. The maximum atomic E-state index is 2.40. The maximum Gasteiger partial charge on any atom is 0.0115 e. The summed E-state index contributed by atoms with van der Waals surface area (Å²) in [6.45, 7) is 2.21. The van der Waals surface area contributed by atoms with Crippen LogP contribution >= 0.6 is 11.8 Å². The molecule has 0 atom stereocenters. The van der Waals surface area contributed by atoms with Gasteiger partial charge in [-0.1, -0.05) is 18.6 Å². The highest BCUT2D eigenvalue weighted by molar-refractivity contribution is 7.99. The lowest BCUT2D eigenvalue weighted by Crippen LogP contribution is -1.96. The largest absolute Gasteiger partial charge is 0.158 e. The van der Waals surface area contributed by atoms with E-state index in [9.17, 15) is 0 Å². The van der Waals surface area contributed by atoms with Crippen molar-refractivity contribution in [3.05, 3.63) is 11.6 Å². The molecule has 1 heteroatoms. The molecule has 0 unspecified atom stereocenters. The van der Waals surface area contributed by atoms with Gasteiger partial charge in [0.05, 0.1) is 0 Å². The van der Waals surface area contributed by atoms with E-state index in [1.54, 1.807) is 5.57 Å². The summed E-state index contributed by atoms with van der Waals surface area (Å²) in [5.41, 5.74) is 1.69. The van der Waals surface area contributed by atoms with E-state index in [0.29, 0.717) is 0 Å². The average molecular weight is 142 g/mol. The summed E-state index contributed by atoms with van der Waals surface area (Å²) in [5, 5.41) is 0. The number of rotatable bonds is 3. The molecule has 0 aliphatic heterocycles. The second-order valence-corrected chi connectivity index (χ2v) is 3.69. The monoisotopic (exact) mass is 142 g/mol. The average Bonchev–Trinajstić information content (AvgIpc) is 1.76. The fourth-order valence-electron chi connectivity index (χ4n) is 0.880. The molecule has 9 heavy (non-hydrogen) atoms. The second-order valence-electron chi connectivity index (χ2n) is 2.38. The molecule has 0 radical (unpaired) electrons. The van der Waals surface area contributed by atoms with Crippen molar-refractivity contribution in [2.75, 3.05) is 11.5 Å². The first-order valence-electron chi connectivity index (χ1n) is 3.69. The van der Waals surface area contributed by atoms with E-state index in [1.807, 2.05) is 11.8 Å². The topological polar surface area (TPSA) is 0 Å². The third-order valence-corrected chi connectivity index (χ3v) is 2.50. The summed E-state index contributed by atoms with van der Waals surface area (Å²) in [6, 6.07) is 0. The van der Waals surface area contributed by atoms with Crippen molar-refractivity contribution in [2.24, 2.45) is 0 Å². The van der Waals surface area contributed by atoms with E-state index in [-0.39, 0.29) is 0 Å². The Kier molecular flexibility index (Phi) is 3.20. The molecule has 1 saturated carbocycles. The van der Waals surface area contributed by atoms with Gasteiger partial charge in [-0.05, 0) is 25.0 Å². The Morgan fingerprint density at radius 3 is 2.78 bits per heavy atom. The minimum Gasteiger partial charge on any atom is -0.158 e. The van der Waals surface area contributed by atoms with Crippen LogP contribution in [0, 0.1) is 0 Å². The summed E-state index contributed by atoms with van der Waals surface area (Å²) in [4.78, 5) is 0. The van der Waals surface area contributed by atoms with Crippen LogP contribution < -0.4 is 0 Å². The summed E-state index contributed by atoms with van der Waals surface area (Å²) in [6.07, 6.45) is 6.59. The first-order valence-corrected chi connectivity index (χ1v) is 4.84. The lowest BCUT2D eigenvalue weighted by atomic mass is 9.93. The van der Waals surface area contributed by atoms with E-state index >= 15 is 0 Å². The molecule has 0 aromatic rings. The second kappa shape index (κ2) is 3.99. The molecule has 1 rings (SSSR count). The van der Waals surface area contributed by atoms with E-state index in [1.165, 1.54) is 30.8 Å². The fourth-order valence-corrected chi connectivity index (χ4v) is 1.47. The molecule has 0 saturated heterocycles. The zero-order valence-corrected chi connectivity index (χ0v) is 6.84. The Labute approximate surface area is 61.7 Å². The highest BCUT2D eigenvalue weighted by Gasteiger charge is 2.05. The highest BCUT2D eigenvalue weighted by atomic mass is 32.2. The van der Waals surface area contributed by atoms with Crippen LogP contribution in [0.4, 0.5) is 0 Å². The Hall–Kier alpha value is 0.0900. The maximum absolute atomic E-state index is 2.40. The van der Waals surface area contributed by atoms with Crippen molar-refractivity contribution >= 4 is 11.8 Å². The van der Waals surface area contributed by atoms with E-state index in [0.717, 1.165) is 0 Å². The number of allylic oxidation sites excluding steroid dienone is 1. The molecule has 52 valence electrons. The normalized spacial score (nSPS) is 17.2. The van der Waals surface area contributed by atoms with Gasteiger partial charge >= 0.3 is 0 Å². The van der Waals surface area contributed by atoms with Crippen LogP contribution in [0.15, 0.2) is 11.6 Å². The van der Waals surface area contributed by atoms with Crippen molar-refractivity contribution in [1.82, 2.24) is 0 Å². The first kappa shape index (κ1) is 7.20. The van der Waals surface area contributed by atoms with Crippen LogP contribution in [-0.4, -0.2) is 11.5 Å². The van der Waals surface area contributed by atoms with Gasteiger partial charge in [-0.3, -0.25) is 0 Å². The molecular weight excluding hydrogens is 128 g/mol. The quantitative estimate of drug-likeness (QED) is 0.431. The minimum absolute atomic E-state index is 1.24. The molecule has 0 amide bonds. The third-order valence-electron chi connectivity index (χ3n) is 1.69. The van der Waals surface area contributed by atoms with Crippen LogP contribution in [0.5, 0.6) is 0 Å². The lowest BCUT2D eigenvalue weighted by molar-refractivity contribution is 0.661. The van der Waals surface area contributed by atoms with Crippen molar-refractivity contribution in [1.29, 1.82) is 0 Å². The fraction of sp³-hybridized carbons (Fsp3) is 0.750. The van der Waals surface area contributed by atoms with Crippen LogP contribution in [0.1, 0.15) is 26.2 Å². The van der Waals surface area contributed by atoms with Crippen molar-refractivity contribution in [3.8, 4) is 0 Å². The number of hydrogen-bond acceptors (Lipinski definition) is 1. The summed E-state index contributed by atoms with van der Waals surface area (Å²) < 4.78 is 0. The Morgan fingerprint density at radius 1 is 1.56 bits per heavy atom. The SMILES string of the molecule is CCSCC=C1CCC1. The van der Waals surface area contributed by atoms with Gasteiger partial charge in [0.2, 0.25) is 0 Å². The van der Waals surface area contributed by atoms with E-state index in [4.69, 9.17) is 0 Å². The van der Waals surface area contributed by atoms with E-state index < -0.39 is 0 Å². The standard InChI is InChI=1S/C8H14S/c1-2-9-7-6-8-4-3-5-8/h6H,2-5,7H2,1H3. The van der Waals surface area contributed by atoms with Gasteiger partial charge < -0.3 is 0 Å². The zero-order valence-electron chi connectivity index (χ0n) is 6.02. The van der Waals surface area contributed by atoms with Crippen molar-refractivity contribution in [2.45, 2.75) is 26.2 Å². The zero-order chi connectivity index (χ0) is 6.53. The molecule has 0 heterocycles. The van der Waals surface area contributed by atoms with Gasteiger partial charge in [-0.15, -0.1) is 0 Å². The molecular formula is C8H14S. The van der Waals surface area contributed by atoms with Gasteiger partial charge in [0.25, 0.3) is 0 Å². The summed E-state index contributed by atoms with van der Waals surface area (Å²) in [5.74, 6) is 2.50. The highest BCUT2D eigenvalue weighted by Crippen LogP contribution is 2.25. The number of thioether (sulfide) groups is 1. The smallest absolute Gasteiger partial charge is 0.0115 e. The van der Waals surface area contributed by atoms with Crippen LogP contribution in [0.3, 0.4) is 0 Å². The molecule has 1 fully saturated rings. The molecule has 0 aromatic carbocycles. The molecule has 1 aliphatic rings. The predicted octanol–water partition coefficient (Wildman–Crippen LogP) is 2.85. The summed E-state index contributed by atoms with van der Waals surface area (Å²) >= 11 is 2.01. The van der Waals surface area contributed by atoms with Gasteiger partial charge in [-0.2, -0.15) is 11.8 Å². The summed E-state index contributed by atoms with van der Waals surface area (Å²) in [7, 11) is 0. The Bertz CT molecular complexity index is 99.1. The Morgan fingerprint density at radius 2 is 2.33 bits per heavy atom. The molecule has 0 N–H and O–H groups in total. The predicted molar refractivity (Wildman–Crippen MR) is 44.9 cm³/mol. The van der Waals surface area contributed by atoms with Gasteiger partial charge in [0, 0.05) is 5.75 Å². The number of hydrogen-bond donors (Lipinski definition) is 0. The van der Waals surface area contributed by atoms with E-state index in [2.05, 4.69) is 13.0 Å². The molecule has 0 aromatic heterocycles. The first-order chi connectivity index (χ1) is 4.43. The van der Waals surface area contributed by atoms with Crippen LogP contribution in [0.2, 0.25) is 0 Å². The Balaban J connectivity index is 2.01. The van der Waals surface area contributed by atoms with Crippen molar-refractivity contribution in [3.63, 3.8) is 0 Å². The van der Waals surface area contributed by atoms with Gasteiger partial charge in [0.15, 0.2) is 0 Å². The molecule has 0 nitrogen and oxygen atoms in total. The lowest BCUT2D eigenvalue weighted by Gasteiger charge is -2.15. The van der Waals surface area contributed by atoms with Crippen molar-refractivity contribution < 1.29 is 0 Å². The van der Waals surface area contributed by atoms with Crippen LogP contribution in [-0.2, 0) is 0 Å². The van der Waals surface area contributed by atoms with Gasteiger partial charge in [0.1, 0.15) is 0 Å². The molecule has 0 spiro atoms. The van der Waals surface area contributed by atoms with Crippen LogP contribution in [0.25, 0.3) is 0 Å². The minimum atomic E-state index is 1.24. The molecule has 0 bridgehead atoms. The third kappa shape index (κ3) is 2.44.